The summed E-state index contributed by atoms with van der Waals surface area (Å²) in [4.78, 5) is 5.96. The van der Waals surface area contributed by atoms with Crippen LogP contribution in [-0.4, -0.2) is 46.5 Å². The number of guanidine groups is 1. The van der Waals surface area contributed by atoms with Crippen molar-refractivity contribution in [3.63, 3.8) is 0 Å². The van der Waals surface area contributed by atoms with Crippen LogP contribution in [0.15, 0.2) is 41.4 Å². The van der Waals surface area contributed by atoms with Crippen molar-refractivity contribution in [1.29, 1.82) is 0 Å². The number of halogens is 3. The number of hydrogen-bond acceptors (Lipinski definition) is 5. The number of anilines is 2. The van der Waals surface area contributed by atoms with Crippen LogP contribution in [0.4, 0.5) is 24.5 Å². The summed E-state index contributed by atoms with van der Waals surface area (Å²) in [6.45, 7) is 1.87. The Morgan fingerprint density at radius 1 is 1.10 bits per heavy atom. The summed E-state index contributed by atoms with van der Waals surface area (Å²) in [7, 11) is 3.02. The monoisotopic (exact) mass is 438 g/mol. The molecule has 1 saturated heterocycles. The molecule has 1 fully saturated rings. The molecule has 0 bridgehead atoms. The van der Waals surface area contributed by atoms with Crippen molar-refractivity contribution in [2.45, 2.75) is 12.7 Å². The van der Waals surface area contributed by atoms with Crippen LogP contribution >= 0.6 is 0 Å². The van der Waals surface area contributed by atoms with Gasteiger partial charge in [0.25, 0.3) is 0 Å². The Balaban J connectivity index is 1.77. The lowest BCUT2D eigenvalue weighted by Gasteiger charge is -2.29. The van der Waals surface area contributed by atoms with Crippen molar-refractivity contribution in [2.24, 2.45) is 10.7 Å². The first-order valence-corrected chi connectivity index (χ1v) is 9.63. The molecule has 31 heavy (non-hydrogen) atoms. The van der Waals surface area contributed by atoms with E-state index in [4.69, 9.17) is 19.9 Å². The van der Waals surface area contributed by atoms with Gasteiger partial charge in [-0.1, -0.05) is 6.07 Å². The standard InChI is InChI=1S/C21H25F3N4O3/c1-29-18-6-4-15(11-19(18)30-2)27-20(25)26-13-14-3-5-16(12-17(14)21(22,23)24)28-7-9-31-10-8-28/h3-6,11-12H,7-10,13H2,1-2H3,(H3,25,26,27). The first-order valence-electron chi connectivity index (χ1n) is 9.63. The van der Waals surface area contributed by atoms with Crippen molar-refractivity contribution in [2.75, 3.05) is 50.7 Å². The lowest BCUT2D eigenvalue weighted by atomic mass is 10.1. The molecule has 1 aliphatic heterocycles. The summed E-state index contributed by atoms with van der Waals surface area (Å²) in [5, 5.41) is 2.85. The van der Waals surface area contributed by atoms with E-state index in [1.807, 2.05) is 4.90 Å². The Morgan fingerprint density at radius 2 is 1.81 bits per heavy atom. The van der Waals surface area contributed by atoms with E-state index in [0.717, 1.165) is 6.07 Å². The third kappa shape index (κ3) is 5.72. The summed E-state index contributed by atoms with van der Waals surface area (Å²) in [6, 6.07) is 9.31. The van der Waals surface area contributed by atoms with Crippen molar-refractivity contribution in [3.8, 4) is 11.5 Å². The van der Waals surface area contributed by atoms with Gasteiger partial charge < -0.3 is 30.2 Å². The topological polar surface area (TPSA) is 81.3 Å². The number of methoxy groups -OCH3 is 2. The summed E-state index contributed by atoms with van der Waals surface area (Å²) < 4.78 is 56.6. The molecule has 168 valence electrons. The van der Waals surface area contributed by atoms with E-state index in [1.54, 1.807) is 24.3 Å². The quantitative estimate of drug-likeness (QED) is 0.531. The molecule has 0 aliphatic carbocycles. The van der Waals surface area contributed by atoms with E-state index in [9.17, 15) is 13.2 Å². The number of morpholine rings is 1. The predicted molar refractivity (Wildman–Crippen MR) is 113 cm³/mol. The number of alkyl halides is 3. The minimum Gasteiger partial charge on any atom is -0.493 e. The molecule has 0 atom stereocenters. The van der Waals surface area contributed by atoms with Crippen LogP contribution in [0, 0.1) is 0 Å². The molecule has 2 aromatic carbocycles. The van der Waals surface area contributed by atoms with Crippen LogP contribution < -0.4 is 25.4 Å². The van der Waals surface area contributed by atoms with E-state index >= 15 is 0 Å². The van der Waals surface area contributed by atoms with Crippen molar-refractivity contribution in [3.05, 3.63) is 47.5 Å². The highest BCUT2D eigenvalue weighted by molar-refractivity contribution is 5.92. The zero-order valence-electron chi connectivity index (χ0n) is 17.3. The average molecular weight is 438 g/mol. The number of rotatable bonds is 6. The van der Waals surface area contributed by atoms with Crippen LogP contribution in [0.5, 0.6) is 11.5 Å². The maximum absolute atomic E-state index is 13.7. The summed E-state index contributed by atoms with van der Waals surface area (Å²) >= 11 is 0. The number of aliphatic imine (C=N–C) groups is 1. The van der Waals surface area contributed by atoms with E-state index in [2.05, 4.69) is 10.3 Å². The highest BCUT2D eigenvalue weighted by atomic mass is 19.4. The molecule has 0 radical (unpaired) electrons. The van der Waals surface area contributed by atoms with Gasteiger partial charge in [-0.05, 0) is 29.8 Å². The molecule has 0 saturated carbocycles. The van der Waals surface area contributed by atoms with E-state index in [0.29, 0.717) is 49.2 Å². The summed E-state index contributed by atoms with van der Waals surface area (Å²) in [5.74, 6) is 1.01. The van der Waals surface area contributed by atoms with Crippen LogP contribution in [0.1, 0.15) is 11.1 Å². The summed E-state index contributed by atoms with van der Waals surface area (Å²) in [5.41, 5.74) is 6.29. The smallest absolute Gasteiger partial charge is 0.416 e. The first kappa shape index (κ1) is 22.5. The van der Waals surface area contributed by atoms with Gasteiger partial charge in [0, 0.05) is 30.5 Å². The van der Waals surface area contributed by atoms with Gasteiger partial charge in [-0.2, -0.15) is 13.2 Å². The largest absolute Gasteiger partial charge is 0.493 e. The molecule has 2 aromatic rings. The van der Waals surface area contributed by atoms with Crippen molar-refractivity contribution < 1.29 is 27.4 Å². The Morgan fingerprint density at radius 3 is 2.45 bits per heavy atom. The van der Waals surface area contributed by atoms with Crippen LogP contribution in [0.2, 0.25) is 0 Å². The molecule has 0 aromatic heterocycles. The Bertz CT molecular complexity index is 929. The highest BCUT2D eigenvalue weighted by Crippen LogP contribution is 2.35. The fourth-order valence-corrected chi connectivity index (χ4v) is 3.26. The molecule has 1 heterocycles. The van der Waals surface area contributed by atoms with Gasteiger partial charge in [0.05, 0.1) is 39.5 Å². The minimum absolute atomic E-state index is 0.0161. The normalized spacial score (nSPS) is 15.0. The summed E-state index contributed by atoms with van der Waals surface area (Å²) in [6.07, 6.45) is -4.50. The maximum Gasteiger partial charge on any atom is 0.416 e. The number of nitrogens with zero attached hydrogens (tertiary/aromatic N) is 2. The van der Waals surface area contributed by atoms with Crippen LogP contribution in [-0.2, 0) is 17.5 Å². The zero-order valence-corrected chi connectivity index (χ0v) is 17.3. The molecule has 10 heteroatoms. The second kappa shape index (κ2) is 9.78. The molecule has 0 unspecified atom stereocenters. The molecular formula is C21H25F3N4O3. The third-order valence-corrected chi connectivity index (χ3v) is 4.85. The number of hydrogen-bond donors (Lipinski definition) is 2. The fraction of sp³-hybridized carbons (Fsp3) is 0.381. The van der Waals surface area contributed by atoms with E-state index in [1.165, 1.54) is 20.3 Å². The molecule has 0 spiro atoms. The van der Waals surface area contributed by atoms with Gasteiger partial charge in [0.2, 0.25) is 0 Å². The van der Waals surface area contributed by atoms with Gasteiger partial charge >= 0.3 is 6.18 Å². The van der Waals surface area contributed by atoms with Gasteiger partial charge in [-0.3, -0.25) is 0 Å². The molecule has 0 amide bonds. The molecule has 1 aliphatic rings. The second-order valence-corrected chi connectivity index (χ2v) is 6.83. The van der Waals surface area contributed by atoms with E-state index in [-0.39, 0.29) is 18.1 Å². The number of nitrogens with two attached hydrogens (primary N) is 1. The van der Waals surface area contributed by atoms with Gasteiger partial charge in [0.1, 0.15) is 0 Å². The Kier molecular flexibility index (Phi) is 7.11. The lowest BCUT2D eigenvalue weighted by Crippen LogP contribution is -2.36. The van der Waals surface area contributed by atoms with Crippen molar-refractivity contribution in [1.82, 2.24) is 0 Å². The van der Waals surface area contributed by atoms with Gasteiger partial charge in [-0.15, -0.1) is 0 Å². The molecule has 7 nitrogen and oxygen atoms in total. The van der Waals surface area contributed by atoms with Gasteiger partial charge in [0.15, 0.2) is 17.5 Å². The van der Waals surface area contributed by atoms with Crippen LogP contribution in [0.3, 0.4) is 0 Å². The van der Waals surface area contributed by atoms with Crippen molar-refractivity contribution >= 4 is 17.3 Å². The average Bonchev–Trinajstić information content (AvgIpc) is 2.77. The predicted octanol–water partition coefficient (Wildman–Crippen LogP) is 3.49. The fourth-order valence-electron chi connectivity index (χ4n) is 3.26. The third-order valence-electron chi connectivity index (χ3n) is 4.85. The first-order chi connectivity index (χ1) is 14.8. The number of benzene rings is 2. The minimum atomic E-state index is -4.50. The molecule has 3 N–H and O–H groups in total. The SMILES string of the molecule is COc1ccc(NC(N)=NCc2ccc(N3CCOCC3)cc2C(F)(F)F)cc1OC. The zero-order chi connectivity index (χ0) is 22.4. The molecule has 3 rings (SSSR count). The maximum atomic E-state index is 13.7. The van der Waals surface area contributed by atoms with Gasteiger partial charge in [-0.25, -0.2) is 4.99 Å². The lowest BCUT2D eigenvalue weighted by molar-refractivity contribution is -0.138. The molecular weight excluding hydrogens is 413 g/mol. The Hall–Kier alpha value is -3.14. The number of ether oxygens (including phenoxy) is 3. The highest BCUT2D eigenvalue weighted by Gasteiger charge is 2.34. The second-order valence-electron chi connectivity index (χ2n) is 6.83. The number of nitrogens with one attached hydrogen (secondary N) is 1. The van der Waals surface area contributed by atoms with E-state index < -0.39 is 11.7 Å². The Labute approximate surface area is 178 Å². The van der Waals surface area contributed by atoms with Crippen LogP contribution in [0.25, 0.3) is 0 Å².